The number of carbonyl (C=O) groups excluding carboxylic acids is 1. The van der Waals surface area contributed by atoms with Crippen LogP contribution >= 0.6 is 0 Å². The molecule has 22 heavy (non-hydrogen) atoms. The van der Waals surface area contributed by atoms with E-state index >= 15 is 0 Å². The molecule has 0 spiro atoms. The third kappa shape index (κ3) is 2.92. The molecule has 0 radical (unpaired) electrons. The monoisotopic (exact) mass is 305 g/mol. The maximum atomic E-state index is 12.5. The van der Waals surface area contributed by atoms with Crippen LogP contribution in [-0.4, -0.2) is 54.8 Å². The SMILES string of the molecule is COc1cccc([C@@H]2C[C@@H]2C(=O)N2CCO[C@@H](C(=O)O)C2)c1. The first-order valence-electron chi connectivity index (χ1n) is 7.37. The number of hydrogen-bond acceptors (Lipinski definition) is 4. The topological polar surface area (TPSA) is 76.1 Å². The van der Waals surface area contributed by atoms with Crippen LogP contribution in [0.25, 0.3) is 0 Å². The first kappa shape index (κ1) is 14.8. The van der Waals surface area contributed by atoms with Gasteiger partial charge in [-0.25, -0.2) is 4.79 Å². The zero-order chi connectivity index (χ0) is 15.7. The van der Waals surface area contributed by atoms with Crippen molar-refractivity contribution in [3.8, 4) is 5.75 Å². The Balaban J connectivity index is 1.63. The maximum absolute atomic E-state index is 12.5. The molecule has 6 heteroatoms. The summed E-state index contributed by atoms with van der Waals surface area (Å²) in [5, 5.41) is 9.00. The fourth-order valence-corrected chi connectivity index (χ4v) is 2.94. The van der Waals surface area contributed by atoms with Crippen LogP contribution < -0.4 is 4.74 Å². The van der Waals surface area contributed by atoms with E-state index in [1.54, 1.807) is 12.0 Å². The van der Waals surface area contributed by atoms with Crippen LogP contribution in [0.2, 0.25) is 0 Å². The summed E-state index contributed by atoms with van der Waals surface area (Å²) in [6.07, 6.45) is -0.104. The van der Waals surface area contributed by atoms with E-state index in [0.717, 1.165) is 17.7 Å². The molecule has 1 aromatic rings. The summed E-state index contributed by atoms with van der Waals surface area (Å²) in [5.41, 5.74) is 1.10. The van der Waals surface area contributed by atoms with Crippen molar-refractivity contribution >= 4 is 11.9 Å². The number of benzene rings is 1. The van der Waals surface area contributed by atoms with Gasteiger partial charge in [-0.15, -0.1) is 0 Å². The Morgan fingerprint density at radius 2 is 2.23 bits per heavy atom. The highest BCUT2D eigenvalue weighted by atomic mass is 16.5. The number of rotatable bonds is 4. The second kappa shape index (κ2) is 5.96. The standard InChI is InChI=1S/C16H19NO5/c1-21-11-4-2-3-10(7-11)12-8-13(12)15(18)17-5-6-22-14(9-17)16(19)20/h2-4,7,12-14H,5-6,8-9H2,1H3,(H,19,20)/t12-,13-,14+/m0/s1. The average Bonchev–Trinajstić information content (AvgIpc) is 3.35. The highest BCUT2D eigenvalue weighted by Gasteiger charge is 2.46. The van der Waals surface area contributed by atoms with Crippen LogP contribution in [0.4, 0.5) is 0 Å². The smallest absolute Gasteiger partial charge is 0.334 e. The van der Waals surface area contributed by atoms with Crippen LogP contribution in [0.1, 0.15) is 17.9 Å². The molecule has 6 nitrogen and oxygen atoms in total. The molecule has 1 N–H and O–H groups in total. The summed E-state index contributed by atoms with van der Waals surface area (Å²) in [7, 11) is 1.62. The van der Waals surface area contributed by atoms with Gasteiger partial charge < -0.3 is 19.5 Å². The number of aliphatic carboxylic acids is 1. The summed E-state index contributed by atoms with van der Waals surface area (Å²) < 4.78 is 10.4. The number of carboxylic acid groups (broad SMARTS) is 1. The molecule has 1 aromatic carbocycles. The van der Waals surface area contributed by atoms with Gasteiger partial charge in [-0.1, -0.05) is 12.1 Å². The molecule has 2 fully saturated rings. The minimum atomic E-state index is -1.02. The number of amides is 1. The summed E-state index contributed by atoms with van der Waals surface area (Å²) >= 11 is 0. The second-order valence-corrected chi connectivity index (χ2v) is 5.71. The number of carboxylic acids is 1. The quantitative estimate of drug-likeness (QED) is 0.902. The number of hydrogen-bond donors (Lipinski definition) is 1. The second-order valence-electron chi connectivity index (χ2n) is 5.71. The van der Waals surface area contributed by atoms with Crippen LogP contribution in [0, 0.1) is 5.92 Å². The van der Waals surface area contributed by atoms with E-state index in [4.69, 9.17) is 14.6 Å². The average molecular weight is 305 g/mol. The molecule has 1 amide bonds. The van der Waals surface area contributed by atoms with Gasteiger partial charge >= 0.3 is 5.97 Å². The van der Waals surface area contributed by atoms with Crippen molar-refractivity contribution in [2.45, 2.75) is 18.4 Å². The third-order valence-corrected chi connectivity index (χ3v) is 4.28. The molecule has 3 rings (SSSR count). The van der Waals surface area contributed by atoms with Gasteiger partial charge in [0.1, 0.15) is 5.75 Å². The molecular weight excluding hydrogens is 286 g/mol. The van der Waals surface area contributed by atoms with Crippen molar-refractivity contribution < 1.29 is 24.2 Å². The van der Waals surface area contributed by atoms with Gasteiger partial charge in [0.25, 0.3) is 0 Å². The molecule has 1 saturated carbocycles. The predicted octanol–water partition coefficient (Wildman–Crippen LogP) is 1.11. The third-order valence-electron chi connectivity index (χ3n) is 4.28. The van der Waals surface area contributed by atoms with Crippen LogP contribution in [0.3, 0.4) is 0 Å². The van der Waals surface area contributed by atoms with Gasteiger partial charge in [-0.3, -0.25) is 4.79 Å². The first-order chi connectivity index (χ1) is 10.6. The molecule has 2 aliphatic rings. The van der Waals surface area contributed by atoms with E-state index in [1.807, 2.05) is 24.3 Å². The Bertz CT molecular complexity index is 588. The van der Waals surface area contributed by atoms with Gasteiger partial charge in [0.2, 0.25) is 5.91 Å². The van der Waals surface area contributed by atoms with Crippen molar-refractivity contribution in [3.63, 3.8) is 0 Å². The minimum absolute atomic E-state index is 0.0300. The number of ether oxygens (including phenoxy) is 2. The molecule has 1 saturated heterocycles. The lowest BCUT2D eigenvalue weighted by Crippen LogP contribution is -2.49. The Kier molecular flexibility index (Phi) is 4.02. The zero-order valence-corrected chi connectivity index (χ0v) is 12.4. The van der Waals surface area contributed by atoms with E-state index in [9.17, 15) is 9.59 Å². The summed E-state index contributed by atoms with van der Waals surface area (Å²) in [6.45, 7) is 0.874. The molecule has 1 heterocycles. The van der Waals surface area contributed by atoms with Gasteiger partial charge in [-0.2, -0.15) is 0 Å². The Morgan fingerprint density at radius 3 is 2.95 bits per heavy atom. The van der Waals surface area contributed by atoms with Crippen molar-refractivity contribution in [3.05, 3.63) is 29.8 Å². The molecule has 1 aliphatic carbocycles. The minimum Gasteiger partial charge on any atom is -0.497 e. The number of methoxy groups -OCH3 is 1. The molecule has 3 atom stereocenters. The fourth-order valence-electron chi connectivity index (χ4n) is 2.94. The van der Waals surface area contributed by atoms with E-state index in [1.165, 1.54) is 0 Å². The van der Waals surface area contributed by atoms with Crippen LogP contribution in [0.15, 0.2) is 24.3 Å². The van der Waals surface area contributed by atoms with Crippen molar-refractivity contribution in [1.29, 1.82) is 0 Å². The lowest BCUT2D eigenvalue weighted by atomic mass is 10.1. The van der Waals surface area contributed by atoms with E-state index < -0.39 is 12.1 Å². The number of carbonyl (C=O) groups is 2. The van der Waals surface area contributed by atoms with E-state index in [-0.39, 0.29) is 30.9 Å². The first-order valence-corrected chi connectivity index (χ1v) is 7.37. The van der Waals surface area contributed by atoms with Gasteiger partial charge in [0.05, 0.1) is 20.3 Å². The summed E-state index contributed by atoms with van der Waals surface area (Å²) in [5.74, 6) is -0.0544. The summed E-state index contributed by atoms with van der Waals surface area (Å²) in [4.78, 5) is 25.1. The van der Waals surface area contributed by atoms with Gasteiger partial charge in [0.15, 0.2) is 6.10 Å². The molecule has 0 bridgehead atoms. The fraction of sp³-hybridized carbons (Fsp3) is 0.500. The summed E-state index contributed by atoms with van der Waals surface area (Å²) in [6, 6.07) is 7.75. The molecule has 118 valence electrons. The number of morpholine rings is 1. The lowest BCUT2D eigenvalue weighted by molar-refractivity contribution is -0.159. The Labute approximate surface area is 128 Å². The largest absolute Gasteiger partial charge is 0.497 e. The highest BCUT2D eigenvalue weighted by Crippen LogP contribution is 2.49. The van der Waals surface area contributed by atoms with Crippen molar-refractivity contribution in [1.82, 2.24) is 4.90 Å². The van der Waals surface area contributed by atoms with Crippen molar-refractivity contribution in [2.24, 2.45) is 5.92 Å². The predicted molar refractivity (Wildman–Crippen MR) is 77.8 cm³/mol. The molecule has 0 aromatic heterocycles. The lowest BCUT2D eigenvalue weighted by Gasteiger charge is -2.31. The normalized spacial score (nSPS) is 27.3. The van der Waals surface area contributed by atoms with Crippen LogP contribution in [-0.2, 0) is 14.3 Å². The molecule has 0 unspecified atom stereocenters. The molecular formula is C16H19NO5. The molecule has 1 aliphatic heterocycles. The van der Waals surface area contributed by atoms with E-state index in [2.05, 4.69) is 0 Å². The number of nitrogens with zero attached hydrogens (tertiary/aromatic N) is 1. The Morgan fingerprint density at radius 1 is 1.41 bits per heavy atom. The highest BCUT2D eigenvalue weighted by molar-refractivity contribution is 5.84. The van der Waals surface area contributed by atoms with Gasteiger partial charge in [-0.05, 0) is 30.0 Å². The Hall–Kier alpha value is -2.08. The van der Waals surface area contributed by atoms with Gasteiger partial charge in [0, 0.05) is 12.5 Å². The zero-order valence-electron chi connectivity index (χ0n) is 12.4. The van der Waals surface area contributed by atoms with E-state index in [0.29, 0.717) is 6.54 Å². The maximum Gasteiger partial charge on any atom is 0.334 e. The van der Waals surface area contributed by atoms with Crippen molar-refractivity contribution in [2.75, 3.05) is 26.8 Å². The van der Waals surface area contributed by atoms with Crippen LogP contribution in [0.5, 0.6) is 5.75 Å².